The van der Waals surface area contributed by atoms with Gasteiger partial charge in [-0.15, -0.1) is 0 Å². The third kappa shape index (κ3) is 18.0. The van der Waals surface area contributed by atoms with E-state index in [1.807, 2.05) is 0 Å². The molecule has 2 N–H and O–H groups in total. The molecule has 1 unspecified atom stereocenters. The summed E-state index contributed by atoms with van der Waals surface area (Å²) >= 11 is 5.27. The van der Waals surface area contributed by atoms with Gasteiger partial charge in [0.2, 0.25) is 0 Å². The van der Waals surface area contributed by atoms with Crippen LogP contribution < -0.4 is 0 Å². The Morgan fingerprint density at radius 1 is 1.45 bits per heavy atom. The number of hydrogen-bond donors (Lipinski definition) is 2. The Labute approximate surface area is 72.8 Å². The van der Waals surface area contributed by atoms with Crippen molar-refractivity contribution in [3.05, 3.63) is 0 Å². The van der Waals surface area contributed by atoms with E-state index in [2.05, 4.69) is 9.05 Å². The maximum atomic E-state index is 8.11. The average molecular weight is 205 g/mol. The fourth-order valence-corrected chi connectivity index (χ4v) is 0.224. The molecule has 0 heterocycles. The summed E-state index contributed by atoms with van der Waals surface area (Å²) in [5.41, 5.74) is 0. The molecule has 6 heteroatoms. The molecule has 0 aromatic rings. The highest BCUT2D eigenvalue weighted by atomic mass is 35.7. The van der Waals surface area contributed by atoms with Crippen LogP contribution in [-0.2, 0) is 9.05 Å². The third-order valence-corrected chi connectivity index (χ3v) is 1.95. The lowest BCUT2D eigenvalue weighted by Crippen LogP contribution is -2.03. The molecule has 0 saturated heterocycles. The SMILES string of the molecule is CC(O)CO.COP(Cl)OC. The summed E-state index contributed by atoms with van der Waals surface area (Å²) in [6, 6.07) is 0. The molecule has 0 rings (SSSR count). The fraction of sp³-hybridized carbons (Fsp3) is 1.00. The van der Waals surface area contributed by atoms with Gasteiger partial charge in [0.25, 0.3) is 7.73 Å². The molecule has 0 spiro atoms. The van der Waals surface area contributed by atoms with Crippen LogP contribution in [0, 0.1) is 0 Å². The van der Waals surface area contributed by atoms with Crippen LogP contribution in [0.4, 0.5) is 0 Å². The zero-order chi connectivity index (χ0) is 9.28. The monoisotopic (exact) mass is 204 g/mol. The molecule has 0 aliphatic carbocycles. The van der Waals surface area contributed by atoms with Gasteiger partial charge in [-0.05, 0) is 18.2 Å². The van der Waals surface area contributed by atoms with Crippen LogP contribution in [0.3, 0.4) is 0 Å². The number of halogens is 1. The molecule has 0 aromatic heterocycles. The summed E-state index contributed by atoms with van der Waals surface area (Å²) in [6.07, 6.45) is -0.560. The first-order valence-electron chi connectivity index (χ1n) is 2.91. The van der Waals surface area contributed by atoms with Crippen molar-refractivity contribution < 1.29 is 19.3 Å². The van der Waals surface area contributed by atoms with Crippen LogP contribution in [0.15, 0.2) is 0 Å². The largest absolute Gasteiger partial charge is 0.394 e. The van der Waals surface area contributed by atoms with Gasteiger partial charge in [-0.2, -0.15) is 0 Å². The van der Waals surface area contributed by atoms with Crippen LogP contribution in [-0.4, -0.2) is 37.1 Å². The van der Waals surface area contributed by atoms with Crippen LogP contribution in [0.2, 0.25) is 0 Å². The van der Waals surface area contributed by atoms with Crippen LogP contribution in [0.1, 0.15) is 6.92 Å². The van der Waals surface area contributed by atoms with Crippen LogP contribution in [0.5, 0.6) is 0 Å². The van der Waals surface area contributed by atoms with Crippen LogP contribution >= 0.6 is 19.0 Å². The second-order valence-corrected chi connectivity index (χ2v) is 3.59. The Morgan fingerprint density at radius 3 is 1.73 bits per heavy atom. The smallest absolute Gasteiger partial charge is 0.276 e. The van der Waals surface area contributed by atoms with Gasteiger partial charge in [0.15, 0.2) is 0 Å². The van der Waals surface area contributed by atoms with E-state index in [0.29, 0.717) is 0 Å². The van der Waals surface area contributed by atoms with Gasteiger partial charge in [-0.25, -0.2) is 0 Å². The molecule has 0 aliphatic rings. The zero-order valence-corrected chi connectivity index (χ0v) is 8.47. The van der Waals surface area contributed by atoms with Gasteiger partial charge < -0.3 is 19.3 Å². The molecule has 4 nitrogen and oxygen atoms in total. The quantitative estimate of drug-likeness (QED) is 0.676. The average Bonchev–Trinajstić information content (AvgIpc) is 2.04. The minimum atomic E-state index is -1.10. The molecule has 0 bridgehead atoms. The Hall–Kier alpha value is 0.560. The molecular weight excluding hydrogens is 190 g/mol. The standard InChI is InChI=1S/C3H8O2.C2H6ClO2P/c1-3(5)2-4;1-4-6(3)5-2/h3-5H,2H2,1H3;1-2H3. The molecular formula is C5H14ClO4P. The molecule has 0 amide bonds. The predicted octanol–water partition coefficient (Wildman–Crippen LogP) is 1.10. The van der Waals surface area contributed by atoms with E-state index >= 15 is 0 Å². The van der Waals surface area contributed by atoms with Gasteiger partial charge in [-0.3, -0.25) is 0 Å². The van der Waals surface area contributed by atoms with Crippen molar-refractivity contribution >= 4 is 19.0 Å². The van der Waals surface area contributed by atoms with Gasteiger partial charge in [0.1, 0.15) is 0 Å². The van der Waals surface area contributed by atoms with Crippen molar-refractivity contribution in [2.45, 2.75) is 13.0 Å². The number of aliphatic hydroxyl groups is 2. The number of rotatable bonds is 3. The molecule has 0 radical (unpaired) electrons. The maximum absolute atomic E-state index is 8.11. The topological polar surface area (TPSA) is 58.9 Å². The summed E-state index contributed by atoms with van der Waals surface area (Å²) in [4.78, 5) is 0. The fourth-order valence-electron chi connectivity index (χ4n) is 0.0745. The van der Waals surface area contributed by atoms with Crippen molar-refractivity contribution in [3.63, 3.8) is 0 Å². The van der Waals surface area contributed by atoms with E-state index in [-0.39, 0.29) is 6.61 Å². The highest BCUT2D eigenvalue weighted by Gasteiger charge is 1.94. The number of aliphatic hydroxyl groups excluding tert-OH is 2. The lowest BCUT2D eigenvalue weighted by molar-refractivity contribution is 0.110. The lowest BCUT2D eigenvalue weighted by atomic mass is 10.5. The van der Waals surface area contributed by atoms with Crippen LogP contribution in [0.25, 0.3) is 0 Å². The molecule has 0 aromatic carbocycles. The van der Waals surface area contributed by atoms with Crippen molar-refractivity contribution in [1.29, 1.82) is 0 Å². The predicted molar refractivity (Wildman–Crippen MR) is 45.6 cm³/mol. The molecule has 70 valence electrons. The van der Waals surface area contributed by atoms with E-state index in [1.165, 1.54) is 21.1 Å². The first-order chi connectivity index (χ1) is 5.08. The second kappa shape index (κ2) is 10.6. The van der Waals surface area contributed by atoms with Gasteiger partial charge >= 0.3 is 0 Å². The van der Waals surface area contributed by atoms with Crippen molar-refractivity contribution in [2.75, 3.05) is 20.8 Å². The lowest BCUT2D eigenvalue weighted by Gasteiger charge is -1.97. The van der Waals surface area contributed by atoms with Gasteiger partial charge in [0, 0.05) is 14.2 Å². The normalized spacial score (nSPS) is 12.3. The van der Waals surface area contributed by atoms with E-state index < -0.39 is 13.8 Å². The molecule has 0 aliphatic heterocycles. The Bertz CT molecular complexity index is 69.5. The van der Waals surface area contributed by atoms with Gasteiger partial charge in [-0.1, -0.05) is 0 Å². The van der Waals surface area contributed by atoms with Crippen molar-refractivity contribution in [2.24, 2.45) is 0 Å². The first kappa shape index (κ1) is 14.1. The highest BCUT2D eigenvalue weighted by molar-refractivity contribution is 7.76. The molecule has 1 atom stereocenters. The number of hydrogen-bond acceptors (Lipinski definition) is 4. The summed E-state index contributed by atoms with van der Waals surface area (Å²) in [5, 5.41) is 16.0. The highest BCUT2D eigenvalue weighted by Crippen LogP contribution is 2.40. The minimum Gasteiger partial charge on any atom is -0.394 e. The summed E-state index contributed by atoms with van der Waals surface area (Å²) in [6.45, 7) is 1.39. The Balaban J connectivity index is 0. The summed E-state index contributed by atoms with van der Waals surface area (Å²) in [7, 11) is 1.90. The third-order valence-electron chi connectivity index (χ3n) is 0.551. The van der Waals surface area contributed by atoms with Crippen molar-refractivity contribution in [3.8, 4) is 0 Å². The van der Waals surface area contributed by atoms with E-state index in [1.54, 1.807) is 0 Å². The van der Waals surface area contributed by atoms with E-state index in [9.17, 15) is 0 Å². The Morgan fingerprint density at radius 2 is 1.73 bits per heavy atom. The summed E-state index contributed by atoms with van der Waals surface area (Å²) in [5.74, 6) is 0. The Kier molecular flexibility index (Phi) is 13.5. The van der Waals surface area contributed by atoms with Crippen molar-refractivity contribution in [1.82, 2.24) is 0 Å². The van der Waals surface area contributed by atoms with E-state index in [0.717, 1.165) is 0 Å². The molecule has 0 fully saturated rings. The molecule has 0 saturated carbocycles. The minimum absolute atomic E-state index is 0.139. The summed E-state index contributed by atoms with van der Waals surface area (Å²) < 4.78 is 9.01. The zero-order valence-electron chi connectivity index (χ0n) is 6.82. The van der Waals surface area contributed by atoms with Gasteiger partial charge in [0.05, 0.1) is 12.7 Å². The maximum Gasteiger partial charge on any atom is 0.276 e. The van der Waals surface area contributed by atoms with E-state index in [4.69, 9.17) is 21.5 Å². The second-order valence-electron chi connectivity index (χ2n) is 1.61. The first-order valence-corrected chi connectivity index (χ1v) is 4.99. The molecule has 11 heavy (non-hydrogen) atoms.